The fourth-order valence-electron chi connectivity index (χ4n) is 3.04. The zero-order valence-corrected chi connectivity index (χ0v) is 7.71. The highest BCUT2D eigenvalue weighted by atomic mass is 15.2. The molecule has 0 aliphatic carbocycles. The van der Waals surface area contributed by atoms with Crippen molar-refractivity contribution in [1.82, 2.24) is 4.90 Å². The molecule has 2 aliphatic rings. The molecule has 2 fully saturated rings. The number of hydrogen-bond acceptors (Lipinski definition) is 1. The Balaban J connectivity index is 2.07. The highest BCUT2D eigenvalue weighted by Crippen LogP contribution is 2.38. The Kier molecular flexibility index (Phi) is 1.92. The Morgan fingerprint density at radius 1 is 1.45 bits per heavy atom. The summed E-state index contributed by atoms with van der Waals surface area (Å²) >= 11 is 0. The minimum atomic E-state index is 0.882. The van der Waals surface area contributed by atoms with E-state index in [0.29, 0.717) is 0 Å². The maximum absolute atomic E-state index is 2.73. The molecule has 64 valence electrons. The van der Waals surface area contributed by atoms with Gasteiger partial charge in [0.05, 0.1) is 0 Å². The van der Waals surface area contributed by atoms with Crippen LogP contribution >= 0.6 is 0 Å². The van der Waals surface area contributed by atoms with E-state index >= 15 is 0 Å². The summed E-state index contributed by atoms with van der Waals surface area (Å²) in [6.45, 7) is 6.12. The Labute approximate surface area is 69.8 Å². The molecule has 1 heteroatoms. The van der Waals surface area contributed by atoms with Crippen molar-refractivity contribution in [1.29, 1.82) is 0 Å². The van der Waals surface area contributed by atoms with Crippen molar-refractivity contribution >= 4 is 0 Å². The Bertz CT molecular complexity index is 144. The second kappa shape index (κ2) is 2.78. The monoisotopic (exact) mass is 153 g/mol. The molecule has 0 saturated carbocycles. The van der Waals surface area contributed by atoms with Gasteiger partial charge in [-0.15, -0.1) is 0 Å². The molecule has 0 spiro atoms. The van der Waals surface area contributed by atoms with E-state index in [4.69, 9.17) is 0 Å². The molecular formula is C10H19N. The van der Waals surface area contributed by atoms with Crippen molar-refractivity contribution < 1.29 is 0 Å². The van der Waals surface area contributed by atoms with Gasteiger partial charge in [-0.3, -0.25) is 4.90 Å². The van der Waals surface area contributed by atoms with Crippen LogP contribution in [0.1, 0.15) is 39.5 Å². The van der Waals surface area contributed by atoms with Crippen molar-refractivity contribution in [3.05, 3.63) is 0 Å². The van der Waals surface area contributed by atoms with Crippen LogP contribution in [-0.4, -0.2) is 23.5 Å². The zero-order chi connectivity index (χ0) is 7.84. The number of hydrogen-bond donors (Lipinski definition) is 0. The van der Waals surface area contributed by atoms with Gasteiger partial charge in [-0.25, -0.2) is 0 Å². The summed E-state index contributed by atoms with van der Waals surface area (Å²) in [7, 11) is 0. The minimum Gasteiger partial charge on any atom is -0.297 e. The fourth-order valence-corrected chi connectivity index (χ4v) is 3.04. The summed E-state index contributed by atoms with van der Waals surface area (Å²) in [5.74, 6) is 1.02. The average molecular weight is 153 g/mol. The van der Waals surface area contributed by atoms with Gasteiger partial charge in [0.2, 0.25) is 0 Å². The first-order valence-corrected chi connectivity index (χ1v) is 5.08. The van der Waals surface area contributed by atoms with E-state index < -0.39 is 0 Å². The third-order valence-electron chi connectivity index (χ3n) is 3.62. The topological polar surface area (TPSA) is 3.24 Å². The van der Waals surface area contributed by atoms with Crippen LogP contribution in [0.3, 0.4) is 0 Å². The maximum atomic E-state index is 2.73. The van der Waals surface area contributed by atoms with Gasteiger partial charge >= 0.3 is 0 Å². The van der Waals surface area contributed by atoms with E-state index in [1.54, 1.807) is 0 Å². The van der Waals surface area contributed by atoms with Gasteiger partial charge in [0.1, 0.15) is 0 Å². The smallest absolute Gasteiger partial charge is 0.0127 e. The van der Waals surface area contributed by atoms with Crippen molar-refractivity contribution in [3.8, 4) is 0 Å². The number of rotatable bonds is 1. The molecule has 0 aromatic carbocycles. The number of nitrogens with zero attached hydrogens (tertiary/aromatic N) is 1. The third-order valence-corrected chi connectivity index (χ3v) is 3.62. The molecule has 2 rings (SSSR count). The van der Waals surface area contributed by atoms with Crippen molar-refractivity contribution in [2.45, 2.75) is 51.6 Å². The molecule has 2 aliphatic heterocycles. The first-order valence-electron chi connectivity index (χ1n) is 5.08. The minimum absolute atomic E-state index is 0.882. The van der Waals surface area contributed by atoms with Crippen molar-refractivity contribution in [2.75, 3.05) is 6.54 Å². The third kappa shape index (κ3) is 1.10. The van der Waals surface area contributed by atoms with E-state index in [2.05, 4.69) is 18.7 Å². The van der Waals surface area contributed by atoms with E-state index in [1.807, 2.05) is 0 Å². The van der Waals surface area contributed by atoms with E-state index in [1.165, 1.54) is 32.2 Å². The van der Waals surface area contributed by atoms with Gasteiger partial charge < -0.3 is 0 Å². The van der Waals surface area contributed by atoms with Crippen molar-refractivity contribution in [3.63, 3.8) is 0 Å². The van der Waals surface area contributed by atoms with E-state index in [0.717, 1.165) is 18.0 Å². The average Bonchev–Trinajstić information content (AvgIpc) is 2.54. The molecular weight excluding hydrogens is 134 g/mol. The zero-order valence-electron chi connectivity index (χ0n) is 7.71. The second-order valence-corrected chi connectivity index (χ2v) is 4.20. The predicted octanol–water partition coefficient (Wildman–Crippen LogP) is 2.27. The summed E-state index contributed by atoms with van der Waals surface area (Å²) in [4.78, 5) is 2.73. The first kappa shape index (κ1) is 7.60. The quantitative estimate of drug-likeness (QED) is 0.558. The predicted molar refractivity (Wildman–Crippen MR) is 47.6 cm³/mol. The Morgan fingerprint density at radius 2 is 2.27 bits per heavy atom. The van der Waals surface area contributed by atoms with Gasteiger partial charge in [-0.2, -0.15) is 0 Å². The lowest BCUT2D eigenvalue weighted by molar-refractivity contribution is 0.244. The van der Waals surface area contributed by atoms with Gasteiger partial charge in [0.15, 0.2) is 0 Å². The standard InChI is InChI=1S/C10H19N/c1-3-9-7-8(2)11-6-4-5-10(9)11/h8-10H,3-7H2,1-2H3. The van der Waals surface area contributed by atoms with Gasteiger partial charge in [-0.05, 0) is 38.6 Å². The summed E-state index contributed by atoms with van der Waals surface area (Å²) < 4.78 is 0. The van der Waals surface area contributed by atoms with Crippen LogP contribution in [0.4, 0.5) is 0 Å². The van der Waals surface area contributed by atoms with E-state index in [9.17, 15) is 0 Å². The molecule has 0 radical (unpaired) electrons. The van der Waals surface area contributed by atoms with Crippen LogP contribution in [0.2, 0.25) is 0 Å². The lowest BCUT2D eigenvalue weighted by Crippen LogP contribution is -2.30. The largest absolute Gasteiger partial charge is 0.297 e. The van der Waals surface area contributed by atoms with Crippen LogP contribution < -0.4 is 0 Å². The molecule has 0 aromatic heterocycles. The molecule has 0 amide bonds. The lowest BCUT2D eigenvalue weighted by Gasteiger charge is -2.21. The lowest BCUT2D eigenvalue weighted by atomic mass is 9.95. The summed E-state index contributed by atoms with van der Waals surface area (Å²) in [6, 6.07) is 1.85. The first-order chi connectivity index (χ1) is 5.33. The summed E-state index contributed by atoms with van der Waals surface area (Å²) in [5, 5.41) is 0. The van der Waals surface area contributed by atoms with Crippen LogP contribution in [0.5, 0.6) is 0 Å². The molecule has 2 heterocycles. The Hall–Kier alpha value is -0.0400. The van der Waals surface area contributed by atoms with Crippen LogP contribution in [0, 0.1) is 5.92 Å². The van der Waals surface area contributed by atoms with Crippen LogP contribution in [0.15, 0.2) is 0 Å². The highest BCUT2D eigenvalue weighted by Gasteiger charge is 2.40. The molecule has 2 saturated heterocycles. The Morgan fingerprint density at radius 3 is 3.00 bits per heavy atom. The number of fused-ring (bicyclic) bond motifs is 1. The van der Waals surface area contributed by atoms with Crippen LogP contribution in [0.25, 0.3) is 0 Å². The SMILES string of the molecule is CCC1CC(C)N2CCCC12. The van der Waals surface area contributed by atoms with Crippen molar-refractivity contribution in [2.24, 2.45) is 5.92 Å². The maximum Gasteiger partial charge on any atom is 0.0127 e. The molecule has 0 bridgehead atoms. The van der Waals surface area contributed by atoms with Gasteiger partial charge in [-0.1, -0.05) is 13.3 Å². The molecule has 0 aromatic rings. The van der Waals surface area contributed by atoms with Gasteiger partial charge in [0.25, 0.3) is 0 Å². The highest BCUT2D eigenvalue weighted by molar-refractivity contribution is 4.94. The summed E-state index contributed by atoms with van der Waals surface area (Å²) in [6.07, 6.45) is 5.78. The fraction of sp³-hybridized carbons (Fsp3) is 1.00. The van der Waals surface area contributed by atoms with E-state index in [-0.39, 0.29) is 0 Å². The molecule has 0 N–H and O–H groups in total. The molecule has 1 nitrogen and oxygen atoms in total. The molecule has 11 heavy (non-hydrogen) atoms. The normalized spacial score (nSPS) is 44.7. The molecule has 3 atom stereocenters. The van der Waals surface area contributed by atoms with Gasteiger partial charge in [0, 0.05) is 12.1 Å². The second-order valence-electron chi connectivity index (χ2n) is 4.20. The molecule has 3 unspecified atom stereocenters. The van der Waals surface area contributed by atoms with Crippen LogP contribution in [-0.2, 0) is 0 Å². The summed E-state index contributed by atoms with van der Waals surface area (Å²) in [5.41, 5.74) is 0.